The lowest BCUT2D eigenvalue weighted by atomic mass is 10.3. The molecule has 9 heteroatoms. The number of nitrogens with one attached hydrogen (secondary N) is 1. The Hall–Kier alpha value is -2.61. The van der Waals surface area contributed by atoms with Crippen LogP contribution >= 0.6 is 11.6 Å². The monoisotopic (exact) mass is 310 g/mol. The largest absolute Gasteiger partial charge is 0.495 e. The quantitative estimate of drug-likeness (QED) is 0.673. The predicted octanol–water partition coefficient (Wildman–Crippen LogP) is 2.09. The summed E-state index contributed by atoms with van der Waals surface area (Å²) in [5, 5.41) is 16.8. The Labute approximate surface area is 124 Å². The van der Waals surface area contributed by atoms with Gasteiger partial charge in [-0.3, -0.25) is 4.79 Å². The van der Waals surface area contributed by atoms with Crippen molar-refractivity contribution in [1.29, 1.82) is 0 Å². The molecule has 1 aromatic carbocycles. The van der Waals surface area contributed by atoms with Crippen molar-refractivity contribution in [2.45, 2.75) is 6.54 Å². The lowest BCUT2D eigenvalue weighted by Gasteiger charge is -2.08. The number of para-hydroxylation sites is 2. The topological polar surface area (TPSA) is 99.3 Å². The first-order valence-electron chi connectivity index (χ1n) is 5.81. The average Bonchev–Trinajstić information content (AvgIpc) is 2.80. The van der Waals surface area contributed by atoms with E-state index in [1.54, 1.807) is 24.3 Å². The van der Waals surface area contributed by atoms with Crippen molar-refractivity contribution in [3.05, 3.63) is 45.6 Å². The lowest BCUT2D eigenvalue weighted by molar-refractivity contribution is -0.389. The molecule has 110 valence electrons. The number of aromatic nitrogens is 2. The third kappa shape index (κ3) is 3.48. The van der Waals surface area contributed by atoms with Crippen LogP contribution in [0.3, 0.4) is 0 Å². The van der Waals surface area contributed by atoms with Gasteiger partial charge in [-0.15, -0.1) is 0 Å². The molecule has 2 rings (SSSR count). The molecular weight excluding hydrogens is 300 g/mol. The van der Waals surface area contributed by atoms with Crippen LogP contribution < -0.4 is 10.1 Å². The van der Waals surface area contributed by atoms with Gasteiger partial charge in [0.25, 0.3) is 0 Å². The van der Waals surface area contributed by atoms with Crippen molar-refractivity contribution in [3.63, 3.8) is 0 Å². The summed E-state index contributed by atoms with van der Waals surface area (Å²) in [6.45, 7) is -0.203. The fourth-order valence-corrected chi connectivity index (χ4v) is 1.90. The molecule has 21 heavy (non-hydrogen) atoms. The standard InChI is InChI=1S/C12H11ClN4O4/c1-21-10-5-3-2-4-9(10)14-11(18)7-16-6-8(13)12(15-16)17(19)20/h2-6H,7H2,1H3,(H,14,18). The zero-order chi connectivity index (χ0) is 15.4. The number of nitrogens with zero attached hydrogens (tertiary/aromatic N) is 3. The molecule has 0 aliphatic carbocycles. The van der Waals surface area contributed by atoms with Gasteiger partial charge in [0.15, 0.2) is 5.02 Å². The van der Waals surface area contributed by atoms with Crippen LogP contribution in [0.5, 0.6) is 5.75 Å². The Morgan fingerprint density at radius 3 is 2.86 bits per heavy atom. The van der Waals surface area contributed by atoms with Gasteiger partial charge in [-0.05, 0) is 17.1 Å². The molecule has 1 aromatic heterocycles. The van der Waals surface area contributed by atoms with Crippen molar-refractivity contribution >= 4 is 29.0 Å². The van der Waals surface area contributed by atoms with Crippen LogP contribution in [0.15, 0.2) is 30.5 Å². The van der Waals surface area contributed by atoms with Gasteiger partial charge in [0.2, 0.25) is 5.91 Å². The Balaban J connectivity index is 2.08. The zero-order valence-electron chi connectivity index (χ0n) is 10.9. The molecule has 0 aliphatic heterocycles. The second-order valence-corrected chi connectivity index (χ2v) is 4.41. The molecule has 0 fully saturated rings. The summed E-state index contributed by atoms with van der Waals surface area (Å²) in [4.78, 5) is 21.8. The van der Waals surface area contributed by atoms with Crippen molar-refractivity contribution < 1.29 is 14.5 Å². The van der Waals surface area contributed by atoms with Crippen molar-refractivity contribution in [2.24, 2.45) is 0 Å². The maximum atomic E-state index is 11.9. The predicted molar refractivity (Wildman–Crippen MR) is 75.5 cm³/mol. The SMILES string of the molecule is COc1ccccc1NC(=O)Cn1cc(Cl)c([N+](=O)[O-])n1. The molecule has 1 amide bonds. The van der Waals surface area contributed by atoms with Crippen LogP contribution in [-0.2, 0) is 11.3 Å². The molecule has 2 aromatic rings. The molecular formula is C12H11ClN4O4. The number of ether oxygens (including phenoxy) is 1. The molecule has 1 heterocycles. The number of halogens is 1. The maximum Gasteiger partial charge on any atom is 0.408 e. The third-order valence-corrected chi connectivity index (χ3v) is 2.83. The van der Waals surface area contributed by atoms with E-state index in [9.17, 15) is 14.9 Å². The van der Waals surface area contributed by atoms with E-state index in [2.05, 4.69) is 10.4 Å². The number of carbonyl (C=O) groups is 1. The number of methoxy groups -OCH3 is 1. The molecule has 0 aliphatic rings. The third-order valence-electron chi connectivity index (χ3n) is 2.56. The fraction of sp³-hybridized carbons (Fsp3) is 0.167. The maximum absolute atomic E-state index is 11.9. The second-order valence-electron chi connectivity index (χ2n) is 4.00. The molecule has 0 saturated carbocycles. The van der Waals surface area contributed by atoms with Gasteiger partial charge in [-0.2, -0.15) is 4.68 Å². The summed E-state index contributed by atoms with van der Waals surface area (Å²) < 4.78 is 6.21. The van der Waals surface area contributed by atoms with Crippen LogP contribution in [0.4, 0.5) is 11.5 Å². The second kappa shape index (κ2) is 6.23. The number of anilines is 1. The number of rotatable bonds is 5. The van der Waals surface area contributed by atoms with Crippen molar-refractivity contribution in [2.75, 3.05) is 12.4 Å². The molecule has 0 saturated heterocycles. The van der Waals surface area contributed by atoms with Crippen molar-refractivity contribution in [1.82, 2.24) is 9.78 Å². The van der Waals surface area contributed by atoms with Crippen LogP contribution in [0.2, 0.25) is 5.02 Å². The summed E-state index contributed by atoms with van der Waals surface area (Å²) in [5.74, 6) is -0.384. The van der Waals surface area contributed by atoms with Crippen LogP contribution in [-0.4, -0.2) is 27.7 Å². The Morgan fingerprint density at radius 2 is 2.24 bits per heavy atom. The molecule has 0 bridgehead atoms. The van der Waals surface area contributed by atoms with Crippen molar-refractivity contribution in [3.8, 4) is 5.75 Å². The molecule has 1 N–H and O–H groups in total. The van der Waals surface area contributed by atoms with E-state index < -0.39 is 16.6 Å². The molecule has 0 radical (unpaired) electrons. The zero-order valence-corrected chi connectivity index (χ0v) is 11.7. The van der Waals surface area contributed by atoms with E-state index in [0.717, 1.165) is 4.68 Å². The summed E-state index contributed by atoms with van der Waals surface area (Å²) >= 11 is 5.65. The first-order chi connectivity index (χ1) is 10.0. The Kier molecular flexibility index (Phi) is 4.39. The number of carbonyl (C=O) groups excluding carboxylic acids is 1. The smallest absolute Gasteiger partial charge is 0.408 e. The van der Waals surface area contributed by atoms with Crippen LogP contribution in [0.25, 0.3) is 0 Å². The summed E-state index contributed by atoms with van der Waals surface area (Å²) in [6, 6.07) is 6.89. The minimum absolute atomic E-state index is 0.120. The summed E-state index contributed by atoms with van der Waals surface area (Å²) in [5.41, 5.74) is 0.498. The van der Waals surface area contributed by atoms with Gasteiger partial charge < -0.3 is 20.2 Å². The van der Waals surface area contributed by atoms with E-state index in [-0.39, 0.29) is 11.6 Å². The van der Waals surface area contributed by atoms with E-state index in [0.29, 0.717) is 11.4 Å². The number of benzene rings is 1. The first kappa shape index (κ1) is 14.8. The molecule has 0 atom stereocenters. The van der Waals surface area contributed by atoms with Gasteiger partial charge in [0.05, 0.1) is 24.1 Å². The van der Waals surface area contributed by atoms with Gasteiger partial charge in [0.1, 0.15) is 12.3 Å². The highest BCUT2D eigenvalue weighted by molar-refractivity contribution is 6.32. The number of hydrogen-bond acceptors (Lipinski definition) is 5. The number of nitro groups is 1. The lowest BCUT2D eigenvalue weighted by Crippen LogP contribution is -2.19. The minimum atomic E-state index is -0.711. The van der Waals surface area contributed by atoms with Gasteiger partial charge in [-0.25, -0.2) is 0 Å². The van der Waals surface area contributed by atoms with E-state index >= 15 is 0 Å². The van der Waals surface area contributed by atoms with Crippen LogP contribution in [0, 0.1) is 10.1 Å². The number of hydrogen-bond donors (Lipinski definition) is 1. The number of amides is 1. The highest BCUT2D eigenvalue weighted by atomic mass is 35.5. The van der Waals surface area contributed by atoms with Gasteiger partial charge >= 0.3 is 5.82 Å². The Morgan fingerprint density at radius 1 is 1.52 bits per heavy atom. The van der Waals surface area contributed by atoms with Gasteiger partial charge in [0, 0.05) is 0 Å². The molecule has 0 spiro atoms. The van der Waals surface area contributed by atoms with E-state index in [1.165, 1.54) is 13.3 Å². The summed E-state index contributed by atoms with van der Waals surface area (Å²) in [7, 11) is 1.49. The normalized spacial score (nSPS) is 10.2. The van der Waals surface area contributed by atoms with Crippen LogP contribution in [0.1, 0.15) is 0 Å². The fourth-order valence-electron chi connectivity index (χ4n) is 1.68. The summed E-state index contributed by atoms with van der Waals surface area (Å²) in [6.07, 6.45) is 1.22. The highest BCUT2D eigenvalue weighted by Crippen LogP contribution is 2.24. The average molecular weight is 311 g/mol. The molecule has 0 unspecified atom stereocenters. The Bertz CT molecular complexity index is 686. The van der Waals surface area contributed by atoms with Gasteiger partial charge in [-0.1, -0.05) is 23.7 Å². The minimum Gasteiger partial charge on any atom is -0.495 e. The first-order valence-corrected chi connectivity index (χ1v) is 6.19. The van der Waals surface area contributed by atoms with E-state index in [1.807, 2.05) is 0 Å². The van der Waals surface area contributed by atoms with E-state index in [4.69, 9.17) is 16.3 Å². The molecule has 8 nitrogen and oxygen atoms in total. The highest BCUT2D eigenvalue weighted by Gasteiger charge is 2.20.